The molecule has 1 atom stereocenters. The van der Waals surface area contributed by atoms with Gasteiger partial charge in [-0.3, -0.25) is 9.59 Å². The molecule has 2 N–H and O–H groups in total. The number of anilines is 2. The van der Waals surface area contributed by atoms with Crippen molar-refractivity contribution in [1.82, 2.24) is 4.31 Å². The van der Waals surface area contributed by atoms with E-state index in [2.05, 4.69) is 10.6 Å². The van der Waals surface area contributed by atoms with Gasteiger partial charge in [0.05, 0.1) is 10.7 Å². The van der Waals surface area contributed by atoms with E-state index in [1.54, 1.807) is 13.0 Å². The molecule has 2 aliphatic heterocycles. The fourth-order valence-corrected chi connectivity index (χ4v) is 5.77. The quantitative estimate of drug-likeness (QED) is 0.719. The predicted octanol–water partition coefficient (Wildman–Crippen LogP) is 2.91. The first-order valence-corrected chi connectivity index (χ1v) is 11.3. The van der Waals surface area contributed by atoms with Gasteiger partial charge in [0.2, 0.25) is 15.9 Å². The molecule has 0 aliphatic carbocycles. The minimum Gasteiger partial charge on any atom is -0.482 e. The van der Waals surface area contributed by atoms with Crippen LogP contribution >= 0.6 is 11.6 Å². The van der Waals surface area contributed by atoms with Crippen LogP contribution in [0.2, 0.25) is 5.02 Å². The number of carbonyl (C=O) groups excluding carboxylic acids is 2. The maximum atomic E-state index is 13.8. The lowest BCUT2D eigenvalue weighted by Crippen LogP contribution is -2.43. The Morgan fingerprint density at radius 3 is 2.84 bits per heavy atom. The van der Waals surface area contributed by atoms with Crippen molar-refractivity contribution < 1.29 is 27.1 Å². The van der Waals surface area contributed by atoms with Crippen molar-refractivity contribution in [3.8, 4) is 5.75 Å². The topological polar surface area (TPSA) is 105 Å². The zero-order valence-corrected chi connectivity index (χ0v) is 18.0. The van der Waals surface area contributed by atoms with Gasteiger partial charge in [-0.25, -0.2) is 12.8 Å². The molecule has 1 saturated heterocycles. The number of hydrogen-bond donors (Lipinski definition) is 2. The summed E-state index contributed by atoms with van der Waals surface area (Å²) in [5.74, 6) is -1.22. The Labute approximate surface area is 183 Å². The molecule has 4 rings (SSSR count). The lowest BCUT2D eigenvalue weighted by atomic mass is 10.2. The van der Waals surface area contributed by atoms with Gasteiger partial charge in [-0.2, -0.15) is 4.31 Å². The molecule has 0 spiro atoms. The van der Waals surface area contributed by atoms with Crippen LogP contribution in [-0.2, 0) is 19.6 Å². The van der Waals surface area contributed by atoms with Crippen molar-refractivity contribution >= 4 is 44.8 Å². The number of sulfonamides is 1. The van der Waals surface area contributed by atoms with Crippen LogP contribution < -0.4 is 15.4 Å². The van der Waals surface area contributed by atoms with Gasteiger partial charge in [0, 0.05) is 18.3 Å². The molecule has 2 heterocycles. The zero-order chi connectivity index (χ0) is 22.3. The van der Waals surface area contributed by atoms with Gasteiger partial charge in [0.25, 0.3) is 5.91 Å². The van der Waals surface area contributed by atoms with E-state index in [1.807, 2.05) is 0 Å². The normalized spacial score (nSPS) is 18.8. The lowest BCUT2D eigenvalue weighted by molar-refractivity contribution is -0.119. The van der Waals surface area contributed by atoms with Crippen LogP contribution in [0.1, 0.15) is 18.4 Å². The molecule has 2 amide bonds. The van der Waals surface area contributed by atoms with E-state index in [4.69, 9.17) is 16.3 Å². The molecular formula is C20H19ClFN3O5S. The largest absolute Gasteiger partial charge is 0.482 e. The van der Waals surface area contributed by atoms with Gasteiger partial charge in [-0.15, -0.1) is 0 Å². The van der Waals surface area contributed by atoms with Crippen LogP contribution in [0, 0.1) is 12.7 Å². The Hall–Kier alpha value is -2.69. The predicted molar refractivity (Wildman–Crippen MR) is 112 cm³/mol. The Morgan fingerprint density at radius 2 is 2.10 bits per heavy atom. The van der Waals surface area contributed by atoms with Crippen molar-refractivity contribution in [2.24, 2.45) is 0 Å². The van der Waals surface area contributed by atoms with Crippen LogP contribution in [0.4, 0.5) is 15.8 Å². The average Bonchev–Trinajstić information content (AvgIpc) is 3.21. The number of halogens is 2. The monoisotopic (exact) mass is 467 g/mol. The summed E-state index contributed by atoms with van der Waals surface area (Å²) >= 11 is 6.21. The second-order valence-electron chi connectivity index (χ2n) is 7.34. The highest BCUT2D eigenvalue weighted by Crippen LogP contribution is 2.38. The molecule has 2 aliphatic rings. The van der Waals surface area contributed by atoms with Crippen LogP contribution in [0.25, 0.3) is 0 Å². The number of nitrogens with zero attached hydrogens (tertiary/aromatic N) is 1. The average molecular weight is 468 g/mol. The Morgan fingerprint density at radius 1 is 1.32 bits per heavy atom. The zero-order valence-electron chi connectivity index (χ0n) is 16.4. The smallest absolute Gasteiger partial charge is 0.262 e. The van der Waals surface area contributed by atoms with E-state index in [0.717, 1.165) is 4.31 Å². The van der Waals surface area contributed by atoms with Gasteiger partial charge in [-0.1, -0.05) is 17.7 Å². The molecule has 0 unspecified atom stereocenters. The van der Waals surface area contributed by atoms with Gasteiger partial charge in [0.15, 0.2) is 6.61 Å². The molecule has 0 bridgehead atoms. The fourth-order valence-electron chi connectivity index (χ4n) is 3.59. The molecule has 0 aromatic heterocycles. The summed E-state index contributed by atoms with van der Waals surface area (Å²) < 4.78 is 46.8. The molecule has 8 nitrogen and oxygen atoms in total. The number of benzene rings is 2. The number of amides is 2. The third kappa shape index (κ3) is 4.10. The van der Waals surface area contributed by atoms with E-state index in [-0.39, 0.29) is 46.1 Å². The third-order valence-electron chi connectivity index (χ3n) is 5.20. The van der Waals surface area contributed by atoms with Gasteiger partial charge in [-0.05, 0) is 43.5 Å². The summed E-state index contributed by atoms with van der Waals surface area (Å²) in [5, 5.41) is 5.04. The Balaban J connectivity index is 1.61. The minimum atomic E-state index is -4.14. The van der Waals surface area contributed by atoms with E-state index < -0.39 is 27.8 Å². The molecule has 0 saturated carbocycles. The highest BCUT2D eigenvalue weighted by molar-refractivity contribution is 7.89. The second-order valence-corrected chi connectivity index (χ2v) is 9.61. The van der Waals surface area contributed by atoms with Crippen LogP contribution in [0.15, 0.2) is 35.2 Å². The summed E-state index contributed by atoms with van der Waals surface area (Å²) in [6.45, 7) is 1.49. The summed E-state index contributed by atoms with van der Waals surface area (Å²) in [4.78, 5) is 24.1. The van der Waals surface area contributed by atoms with Crippen molar-refractivity contribution in [3.63, 3.8) is 0 Å². The summed E-state index contributed by atoms with van der Waals surface area (Å²) in [7, 11) is -4.14. The van der Waals surface area contributed by atoms with Crippen LogP contribution in [-0.4, -0.2) is 43.7 Å². The van der Waals surface area contributed by atoms with E-state index in [9.17, 15) is 22.4 Å². The first-order chi connectivity index (χ1) is 14.7. The standard InChI is InChI=1S/C20H19ClFN3O5S/c1-11-4-5-12(7-14(11)22)23-20(27)16-3-2-6-25(16)31(28,29)18-9-17-15(8-13(18)21)24-19(26)10-30-17/h4-5,7-9,16H,2-3,6,10H2,1H3,(H,23,27)(H,24,26)/t16-/m0/s1. The Kier molecular flexibility index (Phi) is 5.63. The molecule has 164 valence electrons. The highest BCUT2D eigenvalue weighted by Gasteiger charge is 2.41. The molecular weight excluding hydrogens is 449 g/mol. The van der Waals surface area contributed by atoms with Crippen molar-refractivity contribution in [1.29, 1.82) is 0 Å². The number of nitrogens with one attached hydrogen (secondary N) is 2. The maximum Gasteiger partial charge on any atom is 0.262 e. The van der Waals surface area contributed by atoms with Gasteiger partial charge < -0.3 is 15.4 Å². The molecule has 1 fully saturated rings. The van der Waals surface area contributed by atoms with E-state index >= 15 is 0 Å². The Bertz CT molecular complexity index is 1190. The van der Waals surface area contributed by atoms with Crippen molar-refractivity contribution in [2.45, 2.75) is 30.7 Å². The second kappa shape index (κ2) is 8.10. The fraction of sp³-hybridized carbons (Fsp3) is 0.300. The third-order valence-corrected chi connectivity index (χ3v) is 7.57. The first kappa shape index (κ1) is 21.5. The summed E-state index contributed by atoms with van der Waals surface area (Å²) in [5.41, 5.74) is 0.953. The lowest BCUT2D eigenvalue weighted by Gasteiger charge is -2.25. The molecule has 2 aromatic carbocycles. The van der Waals surface area contributed by atoms with Crippen LogP contribution in [0.3, 0.4) is 0 Å². The molecule has 31 heavy (non-hydrogen) atoms. The van der Waals surface area contributed by atoms with Gasteiger partial charge >= 0.3 is 0 Å². The number of fused-ring (bicyclic) bond motifs is 1. The number of rotatable bonds is 4. The molecule has 11 heteroatoms. The van der Waals surface area contributed by atoms with Crippen molar-refractivity contribution in [3.05, 3.63) is 46.7 Å². The summed E-state index contributed by atoms with van der Waals surface area (Å²) in [6.07, 6.45) is 0.795. The van der Waals surface area contributed by atoms with E-state index in [1.165, 1.54) is 24.3 Å². The number of ether oxygens (including phenoxy) is 1. The van der Waals surface area contributed by atoms with Gasteiger partial charge in [0.1, 0.15) is 22.5 Å². The van der Waals surface area contributed by atoms with E-state index in [0.29, 0.717) is 18.4 Å². The summed E-state index contributed by atoms with van der Waals surface area (Å²) in [6, 6.07) is 5.85. The minimum absolute atomic E-state index is 0.101. The number of aryl methyl sites for hydroxylation is 1. The maximum absolute atomic E-state index is 13.8. The highest BCUT2D eigenvalue weighted by atomic mass is 35.5. The number of hydrogen-bond acceptors (Lipinski definition) is 5. The first-order valence-electron chi connectivity index (χ1n) is 9.52. The SMILES string of the molecule is Cc1ccc(NC(=O)[C@@H]2CCCN2S(=O)(=O)c2cc3c(cc2Cl)NC(=O)CO3)cc1F. The van der Waals surface area contributed by atoms with Crippen LogP contribution in [0.5, 0.6) is 5.75 Å². The molecule has 2 aromatic rings. The number of carbonyl (C=O) groups is 2. The molecule has 0 radical (unpaired) electrons. The van der Waals surface area contributed by atoms with Crippen molar-refractivity contribution in [2.75, 3.05) is 23.8 Å².